The van der Waals surface area contributed by atoms with Gasteiger partial charge in [0.05, 0.1) is 11.3 Å². The molecular weight excluding hydrogens is 404 g/mol. The van der Waals surface area contributed by atoms with Gasteiger partial charge < -0.3 is 10.6 Å². The number of hydrogen-bond acceptors (Lipinski definition) is 3. The SMILES string of the molecule is CCc1ccccc1NC(=O)c1ccccc1SCC(=O)N[C@@H](C)[C@@H]1C[C@H]2CC[C@H]1C2. The van der Waals surface area contributed by atoms with Crippen LogP contribution in [0, 0.1) is 17.8 Å². The molecule has 0 unspecified atom stereocenters. The van der Waals surface area contributed by atoms with Crippen LogP contribution in [0.1, 0.15) is 55.5 Å². The average molecular weight is 437 g/mol. The summed E-state index contributed by atoms with van der Waals surface area (Å²) in [5.74, 6) is 2.53. The van der Waals surface area contributed by atoms with E-state index < -0.39 is 0 Å². The first-order valence-electron chi connectivity index (χ1n) is 11.5. The Balaban J connectivity index is 1.35. The summed E-state index contributed by atoms with van der Waals surface area (Å²) in [6.07, 6.45) is 6.17. The van der Waals surface area contributed by atoms with Crippen LogP contribution in [0.25, 0.3) is 0 Å². The number of amides is 2. The Kier molecular flexibility index (Phi) is 7.01. The first kappa shape index (κ1) is 21.9. The zero-order chi connectivity index (χ0) is 21.8. The smallest absolute Gasteiger partial charge is 0.256 e. The van der Waals surface area contributed by atoms with Crippen LogP contribution in [0.4, 0.5) is 5.69 Å². The Morgan fingerprint density at radius 3 is 2.58 bits per heavy atom. The Morgan fingerprint density at radius 2 is 1.84 bits per heavy atom. The van der Waals surface area contributed by atoms with Crippen LogP contribution < -0.4 is 10.6 Å². The molecule has 0 saturated heterocycles. The zero-order valence-corrected chi connectivity index (χ0v) is 19.2. The van der Waals surface area contributed by atoms with E-state index in [0.717, 1.165) is 34.4 Å². The van der Waals surface area contributed by atoms with E-state index in [0.29, 0.717) is 17.2 Å². The van der Waals surface area contributed by atoms with Crippen LogP contribution in [0.15, 0.2) is 53.4 Å². The van der Waals surface area contributed by atoms with Gasteiger partial charge in [0.1, 0.15) is 0 Å². The first-order valence-corrected chi connectivity index (χ1v) is 12.4. The van der Waals surface area contributed by atoms with E-state index >= 15 is 0 Å². The Hall–Kier alpha value is -2.27. The molecule has 2 aromatic carbocycles. The van der Waals surface area contributed by atoms with Crippen molar-refractivity contribution in [3.8, 4) is 0 Å². The maximum atomic E-state index is 12.9. The molecule has 0 heterocycles. The lowest BCUT2D eigenvalue weighted by atomic mass is 9.84. The Labute approximate surface area is 189 Å². The van der Waals surface area contributed by atoms with Crippen molar-refractivity contribution in [1.29, 1.82) is 0 Å². The van der Waals surface area contributed by atoms with Gasteiger partial charge in [0.25, 0.3) is 5.91 Å². The summed E-state index contributed by atoms with van der Waals surface area (Å²) in [6.45, 7) is 4.23. The topological polar surface area (TPSA) is 58.2 Å². The zero-order valence-electron chi connectivity index (χ0n) is 18.4. The number of nitrogens with one attached hydrogen (secondary N) is 2. The van der Waals surface area contributed by atoms with Crippen molar-refractivity contribution in [3.63, 3.8) is 0 Å². The van der Waals surface area contributed by atoms with Gasteiger partial charge in [-0.05, 0) is 74.1 Å². The second kappa shape index (κ2) is 9.90. The number of carbonyl (C=O) groups excluding carboxylic acids is 2. The molecule has 4 atom stereocenters. The summed E-state index contributed by atoms with van der Waals surface area (Å²) >= 11 is 1.43. The fourth-order valence-electron chi connectivity index (χ4n) is 5.37. The third-order valence-electron chi connectivity index (χ3n) is 6.96. The van der Waals surface area contributed by atoms with Crippen LogP contribution in [-0.4, -0.2) is 23.6 Å². The van der Waals surface area contributed by atoms with Crippen LogP contribution in [0.5, 0.6) is 0 Å². The minimum Gasteiger partial charge on any atom is -0.353 e. The van der Waals surface area contributed by atoms with Gasteiger partial charge in [0.2, 0.25) is 5.91 Å². The predicted molar refractivity (Wildman–Crippen MR) is 127 cm³/mol. The highest BCUT2D eigenvalue weighted by atomic mass is 32.2. The van der Waals surface area contributed by atoms with Crippen LogP contribution in [0.2, 0.25) is 0 Å². The van der Waals surface area contributed by atoms with Crippen molar-refractivity contribution in [2.45, 2.75) is 56.9 Å². The molecule has 2 saturated carbocycles. The first-order chi connectivity index (χ1) is 15.0. The van der Waals surface area contributed by atoms with Crippen molar-refractivity contribution in [1.82, 2.24) is 5.32 Å². The van der Waals surface area contributed by atoms with Crippen molar-refractivity contribution in [2.75, 3.05) is 11.1 Å². The molecule has 31 heavy (non-hydrogen) atoms. The van der Waals surface area contributed by atoms with Gasteiger partial charge in [0.15, 0.2) is 0 Å². The van der Waals surface area contributed by atoms with E-state index in [1.165, 1.54) is 37.4 Å². The molecule has 2 bridgehead atoms. The normalized spacial score (nSPS) is 22.8. The summed E-state index contributed by atoms with van der Waals surface area (Å²) in [5.41, 5.74) is 2.55. The highest BCUT2D eigenvalue weighted by molar-refractivity contribution is 8.00. The highest BCUT2D eigenvalue weighted by Gasteiger charge is 2.42. The molecule has 0 radical (unpaired) electrons. The number of benzene rings is 2. The molecule has 164 valence electrons. The summed E-state index contributed by atoms with van der Waals surface area (Å²) in [5, 5.41) is 6.26. The standard InChI is InChI=1S/C26H32N2O2S/c1-3-19-8-4-6-10-23(19)28-26(30)21-9-5-7-11-24(21)31-16-25(29)27-17(2)22-15-18-12-13-20(22)14-18/h4-11,17-18,20,22H,3,12-16H2,1-2H3,(H,27,29)(H,28,30)/t17-,18-,20-,22-/m0/s1. The lowest BCUT2D eigenvalue weighted by Crippen LogP contribution is -2.40. The van der Waals surface area contributed by atoms with E-state index in [-0.39, 0.29) is 17.9 Å². The number of rotatable bonds is 8. The van der Waals surface area contributed by atoms with Gasteiger partial charge in [0, 0.05) is 16.6 Å². The quantitative estimate of drug-likeness (QED) is 0.535. The maximum absolute atomic E-state index is 12.9. The Bertz CT molecular complexity index is 945. The minimum absolute atomic E-state index is 0.0480. The van der Waals surface area contributed by atoms with Gasteiger partial charge >= 0.3 is 0 Å². The Morgan fingerprint density at radius 1 is 1.06 bits per heavy atom. The summed E-state index contributed by atoms with van der Waals surface area (Å²) in [7, 11) is 0. The lowest BCUT2D eigenvalue weighted by Gasteiger charge is -2.28. The van der Waals surface area contributed by atoms with E-state index in [1.807, 2.05) is 48.5 Å². The molecule has 2 amide bonds. The molecule has 2 aromatic rings. The lowest BCUT2D eigenvalue weighted by molar-refractivity contribution is -0.119. The van der Waals surface area contributed by atoms with E-state index in [4.69, 9.17) is 0 Å². The van der Waals surface area contributed by atoms with Gasteiger partial charge in [-0.1, -0.05) is 43.7 Å². The number of hydrogen-bond donors (Lipinski definition) is 2. The highest BCUT2D eigenvalue weighted by Crippen LogP contribution is 2.49. The molecule has 2 fully saturated rings. The van der Waals surface area contributed by atoms with E-state index in [2.05, 4.69) is 24.5 Å². The van der Waals surface area contributed by atoms with Crippen LogP contribution >= 0.6 is 11.8 Å². The monoisotopic (exact) mass is 436 g/mol. The molecule has 2 aliphatic rings. The molecule has 4 rings (SSSR count). The molecule has 5 heteroatoms. The number of thioether (sulfide) groups is 1. The van der Waals surface area contributed by atoms with Crippen LogP contribution in [-0.2, 0) is 11.2 Å². The summed E-state index contributed by atoms with van der Waals surface area (Å²) < 4.78 is 0. The predicted octanol–water partition coefficient (Wildman–Crippen LogP) is 5.53. The van der Waals surface area contributed by atoms with Crippen molar-refractivity contribution in [2.24, 2.45) is 17.8 Å². The molecule has 2 N–H and O–H groups in total. The second-order valence-electron chi connectivity index (χ2n) is 8.94. The van der Waals surface area contributed by atoms with Gasteiger partial charge in [-0.2, -0.15) is 0 Å². The number of carbonyl (C=O) groups is 2. The number of fused-ring (bicyclic) bond motifs is 2. The minimum atomic E-state index is -0.139. The fourth-order valence-corrected chi connectivity index (χ4v) is 6.23. The number of para-hydroxylation sites is 1. The van der Waals surface area contributed by atoms with E-state index in [9.17, 15) is 9.59 Å². The third-order valence-corrected chi connectivity index (χ3v) is 8.03. The molecule has 0 aliphatic heterocycles. The molecule has 0 spiro atoms. The molecular formula is C26H32N2O2S. The largest absolute Gasteiger partial charge is 0.353 e. The van der Waals surface area contributed by atoms with Crippen molar-refractivity contribution >= 4 is 29.3 Å². The number of anilines is 1. The third kappa shape index (κ3) is 5.15. The van der Waals surface area contributed by atoms with Crippen molar-refractivity contribution in [3.05, 3.63) is 59.7 Å². The van der Waals surface area contributed by atoms with Crippen LogP contribution in [0.3, 0.4) is 0 Å². The van der Waals surface area contributed by atoms with Crippen molar-refractivity contribution < 1.29 is 9.59 Å². The molecule has 0 aromatic heterocycles. The summed E-state index contributed by atoms with van der Waals surface area (Å²) in [6, 6.07) is 15.6. The van der Waals surface area contributed by atoms with Gasteiger partial charge in [-0.25, -0.2) is 0 Å². The second-order valence-corrected chi connectivity index (χ2v) is 9.96. The van der Waals surface area contributed by atoms with Gasteiger partial charge in [-0.3, -0.25) is 9.59 Å². The maximum Gasteiger partial charge on any atom is 0.256 e. The van der Waals surface area contributed by atoms with E-state index in [1.54, 1.807) is 0 Å². The molecule has 4 nitrogen and oxygen atoms in total. The average Bonchev–Trinajstić information content (AvgIpc) is 3.42. The van der Waals surface area contributed by atoms with Gasteiger partial charge in [-0.15, -0.1) is 11.8 Å². The number of aryl methyl sites for hydroxylation is 1. The fraction of sp³-hybridized carbons (Fsp3) is 0.462. The molecule has 2 aliphatic carbocycles. The summed E-state index contributed by atoms with van der Waals surface area (Å²) in [4.78, 5) is 26.4.